The number of phenolic OH excluding ortho intramolecular Hbond substituents is 1. The second-order valence-corrected chi connectivity index (χ2v) is 10.1. The van der Waals surface area contributed by atoms with Crippen LogP contribution in [0.1, 0.15) is 70.1 Å². The van der Waals surface area contributed by atoms with Crippen molar-refractivity contribution >= 4 is 18.0 Å². The first-order valence-corrected chi connectivity index (χ1v) is 12.7. The normalized spacial score (nSPS) is 12.0. The third-order valence-corrected chi connectivity index (χ3v) is 5.61. The molecule has 11 nitrogen and oxygen atoms in total. The fourth-order valence-corrected chi connectivity index (χ4v) is 3.76. The van der Waals surface area contributed by atoms with Crippen LogP contribution >= 0.6 is 0 Å². The Labute approximate surface area is 222 Å². The molecular weight excluding hydrogens is 494 g/mol. The third kappa shape index (κ3) is 9.53. The van der Waals surface area contributed by atoms with E-state index in [1.165, 1.54) is 0 Å². The summed E-state index contributed by atoms with van der Waals surface area (Å²) in [7, 11) is 0. The van der Waals surface area contributed by atoms with Gasteiger partial charge in [-0.3, -0.25) is 4.79 Å². The number of aryl methyl sites for hydroxylation is 2. The highest BCUT2D eigenvalue weighted by molar-refractivity contribution is 5.85. The van der Waals surface area contributed by atoms with Crippen molar-refractivity contribution in [3.05, 3.63) is 41.0 Å². The first kappa shape index (κ1) is 30.3. The van der Waals surface area contributed by atoms with Gasteiger partial charge in [0.05, 0.1) is 0 Å². The Morgan fingerprint density at radius 1 is 1.03 bits per heavy atom. The summed E-state index contributed by atoms with van der Waals surface area (Å²) < 4.78 is 5.74. The van der Waals surface area contributed by atoms with E-state index in [2.05, 4.69) is 10.6 Å². The van der Waals surface area contributed by atoms with Crippen LogP contribution in [0.25, 0.3) is 0 Å². The van der Waals surface area contributed by atoms with Crippen LogP contribution in [-0.2, 0) is 27.2 Å². The van der Waals surface area contributed by atoms with Gasteiger partial charge in [-0.05, 0) is 63.6 Å². The second kappa shape index (κ2) is 13.6. The van der Waals surface area contributed by atoms with Crippen LogP contribution in [0.3, 0.4) is 0 Å². The molecule has 0 bridgehead atoms. The average Bonchev–Trinajstić information content (AvgIpc) is 3.13. The maximum atomic E-state index is 13.0. The van der Waals surface area contributed by atoms with Crippen molar-refractivity contribution in [1.29, 1.82) is 0 Å². The van der Waals surface area contributed by atoms with Gasteiger partial charge in [-0.1, -0.05) is 25.5 Å². The van der Waals surface area contributed by atoms with Crippen molar-refractivity contribution in [2.45, 2.75) is 84.8 Å². The van der Waals surface area contributed by atoms with E-state index >= 15 is 0 Å². The zero-order chi connectivity index (χ0) is 28.5. The lowest BCUT2D eigenvalue weighted by molar-refractivity contribution is -0.149. The molecule has 11 heteroatoms. The number of benzene rings is 1. The van der Waals surface area contributed by atoms with Crippen LogP contribution in [0.4, 0.5) is 4.79 Å². The van der Waals surface area contributed by atoms with Crippen molar-refractivity contribution in [2.75, 3.05) is 6.54 Å². The molecule has 1 atom stereocenters. The minimum Gasteiger partial charge on any atom is -0.507 e. The molecule has 0 aliphatic rings. The molecule has 0 spiro atoms. The van der Waals surface area contributed by atoms with Crippen LogP contribution in [-0.4, -0.2) is 56.2 Å². The number of hydrogen-bond donors (Lipinski definition) is 5. The van der Waals surface area contributed by atoms with E-state index in [0.29, 0.717) is 53.6 Å². The first-order chi connectivity index (χ1) is 17.8. The Morgan fingerprint density at radius 2 is 1.68 bits per heavy atom. The smallest absolute Gasteiger partial charge is 0.407 e. The molecule has 0 aliphatic carbocycles. The van der Waals surface area contributed by atoms with Crippen LogP contribution in [0.5, 0.6) is 17.5 Å². The maximum absolute atomic E-state index is 13.0. The number of nitrogens with one attached hydrogen (secondary N) is 2. The molecular formula is C27H39N3O8. The summed E-state index contributed by atoms with van der Waals surface area (Å²) in [6, 6.07) is 4.68. The van der Waals surface area contributed by atoms with Gasteiger partial charge < -0.3 is 35.5 Å². The van der Waals surface area contributed by atoms with Crippen LogP contribution < -0.4 is 15.5 Å². The van der Waals surface area contributed by atoms with Crippen molar-refractivity contribution in [2.24, 2.45) is 0 Å². The van der Waals surface area contributed by atoms with E-state index in [9.17, 15) is 29.7 Å². The van der Waals surface area contributed by atoms with Crippen LogP contribution in [0.15, 0.2) is 24.3 Å². The van der Waals surface area contributed by atoms with Gasteiger partial charge in [-0.2, -0.15) is 0 Å². The number of nitrogens with zero attached hydrogens (tertiary/aromatic N) is 1. The minimum absolute atomic E-state index is 0.0707. The quantitative estimate of drug-likeness (QED) is 0.260. The number of carbonyl (C=O) groups is 3. The monoisotopic (exact) mass is 533 g/mol. The van der Waals surface area contributed by atoms with E-state index in [1.807, 2.05) is 6.92 Å². The predicted octanol–water partition coefficient (Wildman–Crippen LogP) is 3.24. The molecule has 2 aromatic rings. The second-order valence-electron chi connectivity index (χ2n) is 10.1. The van der Waals surface area contributed by atoms with Gasteiger partial charge in [-0.25, -0.2) is 9.59 Å². The van der Waals surface area contributed by atoms with Gasteiger partial charge >= 0.3 is 12.1 Å². The summed E-state index contributed by atoms with van der Waals surface area (Å²) in [6.07, 6.45) is 2.15. The van der Waals surface area contributed by atoms with Gasteiger partial charge in [0.1, 0.15) is 17.4 Å². The molecule has 2 rings (SSSR count). The number of unbranched alkanes of at least 4 members (excludes halogenated alkanes) is 2. The SMILES string of the molecule is CCc1cc(CC(NC(=O)CCCCCNC(=O)OC(C)(C)C)C(=O)On2c(O)ccc2O)cc(C)c1O. The number of amides is 2. The molecule has 1 heterocycles. The predicted molar refractivity (Wildman–Crippen MR) is 140 cm³/mol. The van der Waals surface area contributed by atoms with Gasteiger partial charge in [0.2, 0.25) is 17.7 Å². The Morgan fingerprint density at radius 3 is 2.29 bits per heavy atom. The molecule has 1 aromatic heterocycles. The summed E-state index contributed by atoms with van der Waals surface area (Å²) >= 11 is 0. The minimum atomic E-state index is -1.12. The topological polar surface area (TPSA) is 159 Å². The van der Waals surface area contributed by atoms with E-state index in [1.54, 1.807) is 39.8 Å². The number of carbonyl (C=O) groups excluding carboxylic acids is 3. The van der Waals surface area contributed by atoms with Crippen molar-refractivity contribution in [3.63, 3.8) is 0 Å². The van der Waals surface area contributed by atoms with Crippen LogP contribution in [0, 0.1) is 6.92 Å². The summed E-state index contributed by atoms with van der Waals surface area (Å²) in [5, 5.41) is 35.2. The number of aromatic hydroxyl groups is 3. The molecule has 0 radical (unpaired) electrons. The maximum Gasteiger partial charge on any atom is 0.407 e. The Balaban J connectivity index is 1.98. The number of phenols is 1. The molecule has 2 amide bonds. The van der Waals surface area contributed by atoms with Crippen LogP contribution in [0.2, 0.25) is 0 Å². The van der Waals surface area contributed by atoms with Gasteiger partial charge in [0.25, 0.3) is 0 Å². The molecule has 1 aromatic carbocycles. The summed E-state index contributed by atoms with van der Waals surface area (Å²) in [6.45, 7) is 9.40. The molecule has 210 valence electrons. The molecule has 0 saturated heterocycles. The summed E-state index contributed by atoms with van der Waals surface area (Å²) in [4.78, 5) is 42.4. The standard InChI is InChI=1S/C27H39N3O8/c1-6-19-15-18(14-17(2)24(19)34)16-20(25(35)38-30-22(32)11-12-23(30)33)29-21(31)10-8-7-9-13-28-26(36)37-27(3,4)5/h11-12,14-15,20,32-34H,6-10,13,16H2,1-5H3,(H,28,36)(H,29,31). The molecule has 0 fully saturated rings. The molecule has 0 aliphatic heterocycles. The van der Waals surface area contributed by atoms with E-state index in [-0.39, 0.29) is 24.5 Å². The lowest BCUT2D eigenvalue weighted by Crippen LogP contribution is -2.46. The molecule has 0 saturated carbocycles. The Hall–Kier alpha value is -3.89. The largest absolute Gasteiger partial charge is 0.507 e. The molecule has 1 unspecified atom stereocenters. The fraction of sp³-hybridized carbons (Fsp3) is 0.519. The summed E-state index contributed by atoms with van der Waals surface area (Å²) in [5.74, 6) is -2.03. The Bertz CT molecular complexity index is 1100. The number of aromatic nitrogens is 1. The van der Waals surface area contributed by atoms with Crippen molar-refractivity contribution in [1.82, 2.24) is 15.4 Å². The lowest BCUT2D eigenvalue weighted by atomic mass is 9.98. The number of hydrogen-bond acceptors (Lipinski definition) is 8. The van der Waals surface area contributed by atoms with Crippen molar-refractivity contribution in [3.8, 4) is 17.5 Å². The lowest BCUT2D eigenvalue weighted by Gasteiger charge is -2.20. The first-order valence-electron chi connectivity index (χ1n) is 12.7. The third-order valence-electron chi connectivity index (χ3n) is 5.61. The fourth-order valence-electron chi connectivity index (χ4n) is 3.76. The van der Waals surface area contributed by atoms with Gasteiger partial charge in [-0.15, -0.1) is 4.73 Å². The number of ether oxygens (including phenoxy) is 1. The highest BCUT2D eigenvalue weighted by Gasteiger charge is 2.26. The van der Waals surface area contributed by atoms with Gasteiger partial charge in [0.15, 0.2) is 0 Å². The van der Waals surface area contributed by atoms with E-state index < -0.39 is 35.5 Å². The number of alkyl carbamates (subject to hydrolysis) is 1. The Kier molecular flexibility index (Phi) is 10.9. The van der Waals surface area contributed by atoms with Gasteiger partial charge in [0, 0.05) is 31.5 Å². The average molecular weight is 534 g/mol. The highest BCUT2D eigenvalue weighted by Crippen LogP contribution is 2.25. The van der Waals surface area contributed by atoms with E-state index in [0.717, 1.165) is 12.1 Å². The molecule has 5 N–H and O–H groups in total. The zero-order valence-corrected chi connectivity index (χ0v) is 22.7. The van der Waals surface area contributed by atoms with Crippen molar-refractivity contribution < 1.29 is 39.3 Å². The molecule has 38 heavy (non-hydrogen) atoms. The van der Waals surface area contributed by atoms with E-state index in [4.69, 9.17) is 9.57 Å². The summed E-state index contributed by atoms with van der Waals surface area (Å²) in [5.41, 5.74) is 1.47. The highest BCUT2D eigenvalue weighted by atomic mass is 16.7. The zero-order valence-electron chi connectivity index (χ0n) is 22.7. The number of rotatable bonds is 12.